The third-order valence-electron chi connectivity index (χ3n) is 6.43. The molecule has 2 aliphatic heterocycles. The molecule has 0 aromatic heterocycles. The molecule has 2 saturated heterocycles. The number of para-hydroxylation sites is 1. The van der Waals surface area contributed by atoms with Crippen molar-refractivity contribution in [1.82, 2.24) is 4.90 Å². The Labute approximate surface area is 177 Å². The molecule has 0 aliphatic carbocycles. The van der Waals surface area contributed by atoms with Gasteiger partial charge in [0.1, 0.15) is 11.9 Å². The van der Waals surface area contributed by atoms with Crippen molar-refractivity contribution < 1.29 is 24.5 Å². The zero-order chi connectivity index (χ0) is 21.4. The third-order valence-corrected chi connectivity index (χ3v) is 6.43. The van der Waals surface area contributed by atoms with Gasteiger partial charge in [-0.3, -0.25) is 4.79 Å². The maximum Gasteiger partial charge on any atom is 0.253 e. The largest absolute Gasteiger partial charge is 0.496 e. The molecule has 2 N–H and O–H groups in total. The van der Waals surface area contributed by atoms with Gasteiger partial charge in [0.15, 0.2) is 0 Å². The van der Waals surface area contributed by atoms with E-state index < -0.39 is 17.3 Å². The fourth-order valence-electron chi connectivity index (χ4n) is 4.58. The van der Waals surface area contributed by atoms with Crippen LogP contribution in [0.4, 0.5) is 0 Å². The summed E-state index contributed by atoms with van der Waals surface area (Å²) < 4.78 is 11.4. The van der Waals surface area contributed by atoms with Gasteiger partial charge in [-0.25, -0.2) is 0 Å². The van der Waals surface area contributed by atoms with Crippen molar-refractivity contribution in [2.75, 3.05) is 26.8 Å². The Morgan fingerprint density at radius 3 is 2.60 bits per heavy atom. The number of nitrogens with zero attached hydrogens (tertiary/aromatic N) is 1. The van der Waals surface area contributed by atoms with Gasteiger partial charge >= 0.3 is 0 Å². The minimum atomic E-state index is -1.16. The summed E-state index contributed by atoms with van der Waals surface area (Å²) in [6.07, 6.45) is 0.800. The highest BCUT2D eigenvalue weighted by atomic mass is 16.5. The standard InChI is InChI=1S/C24H29NO5/c1-23(28)16-24(30-15-21(23)26)10-12-25(13-11-24)22(27)18-7-5-6-17(14-18)19-8-3-4-9-20(19)29-2/h3-9,14,21,26,28H,10-13,15-16H2,1-2H3/t21-,23-/m0/s1. The number of amides is 1. The molecule has 2 fully saturated rings. The van der Waals surface area contributed by atoms with Crippen molar-refractivity contribution in [2.45, 2.75) is 43.5 Å². The van der Waals surface area contributed by atoms with Gasteiger partial charge in [-0.1, -0.05) is 30.3 Å². The highest BCUT2D eigenvalue weighted by Crippen LogP contribution is 2.40. The average Bonchev–Trinajstić information content (AvgIpc) is 2.76. The summed E-state index contributed by atoms with van der Waals surface area (Å²) >= 11 is 0. The lowest BCUT2D eigenvalue weighted by Gasteiger charge is -2.49. The number of rotatable bonds is 3. The molecule has 160 valence electrons. The molecular formula is C24H29NO5. The van der Waals surface area contributed by atoms with E-state index in [1.807, 2.05) is 53.4 Å². The molecule has 1 spiro atoms. The van der Waals surface area contributed by atoms with E-state index >= 15 is 0 Å². The number of ether oxygens (including phenoxy) is 2. The summed E-state index contributed by atoms with van der Waals surface area (Å²) in [6.45, 7) is 2.90. The second-order valence-electron chi connectivity index (χ2n) is 8.62. The molecule has 0 saturated carbocycles. The molecule has 0 bridgehead atoms. The number of carbonyl (C=O) groups is 1. The Morgan fingerprint density at radius 1 is 1.17 bits per heavy atom. The molecule has 6 nitrogen and oxygen atoms in total. The Kier molecular flexibility index (Phi) is 5.57. The number of aliphatic hydroxyl groups excluding tert-OH is 1. The van der Waals surface area contributed by atoms with E-state index in [9.17, 15) is 15.0 Å². The SMILES string of the molecule is COc1ccccc1-c1cccc(C(=O)N2CCC3(CC2)C[C@](C)(O)[C@@H](O)CO3)c1. The third kappa shape index (κ3) is 3.95. The lowest BCUT2D eigenvalue weighted by atomic mass is 9.76. The zero-order valence-electron chi connectivity index (χ0n) is 17.5. The van der Waals surface area contributed by atoms with Crippen molar-refractivity contribution in [3.05, 3.63) is 54.1 Å². The van der Waals surface area contributed by atoms with Crippen LogP contribution in [0.1, 0.15) is 36.5 Å². The summed E-state index contributed by atoms with van der Waals surface area (Å²) in [7, 11) is 1.64. The number of aliphatic hydroxyl groups is 2. The van der Waals surface area contributed by atoms with E-state index in [-0.39, 0.29) is 12.5 Å². The van der Waals surface area contributed by atoms with Gasteiger partial charge in [-0.05, 0) is 43.5 Å². The molecule has 0 radical (unpaired) electrons. The Hall–Kier alpha value is -2.41. The number of benzene rings is 2. The predicted molar refractivity (Wildman–Crippen MR) is 113 cm³/mol. The smallest absolute Gasteiger partial charge is 0.253 e. The number of likely N-dealkylation sites (tertiary alicyclic amines) is 1. The van der Waals surface area contributed by atoms with Gasteiger partial charge in [0.25, 0.3) is 5.91 Å². The number of hydrogen-bond donors (Lipinski definition) is 2. The number of methoxy groups -OCH3 is 1. The van der Waals surface area contributed by atoms with Crippen molar-refractivity contribution in [3.8, 4) is 16.9 Å². The monoisotopic (exact) mass is 411 g/mol. The first-order valence-electron chi connectivity index (χ1n) is 10.4. The van der Waals surface area contributed by atoms with Crippen LogP contribution in [0.5, 0.6) is 5.75 Å². The van der Waals surface area contributed by atoms with Crippen LogP contribution in [0, 0.1) is 0 Å². The second kappa shape index (κ2) is 8.02. The maximum absolute atomic E-state index is 13.2. The molecule has 2 heterocycles. The molecule has 4 rings (SSSR count). The predicted octanol–water partition coefficient (Wildman–Crippen LogP) is 2.87. The number of piperidine rings is 1. The number of hydrogen-bond acceptors (Lipinski definition) is 5. The summed E-state index contributed by atoms with van der Waals surface area (Å²) in [5.41, 5.74) is 0.893. The molecular weight excluding hydrogens is 382 g/mol. The van der Waals surface area contributed by atoms with Crippen molar-refractivity contribution >= 4 is 5.91 Å². The molecule has 2 aromatic carbocycles. The van der Waals surface area contributed by atoms with Gasteiger partial charge < -0.3 is 24.6 Å². The highest BCUT2D eigenvalue weighted by molar-refractivity contribution is 5.95. The first-order chi connectivity index (χ1) is 14.3. The van der Waals surface area contributed by atoms with Crippen molar-refractivity contribution in [1.29, 1.82) is 0 Å². The first-order valence-corrected chi connectivity index (χ1v) is 10.4. The summed E-state index contributed by atoms with van der Waals surface area (Å²) in [4.78, 5) is 15.0. The van der Waals surface area contributed by atoms with E-state index in [1.165, 1.54) is 0 Å². The summed E-state index contributed by atoms with van der Waals surface area (Å²) in [6, 6.07) is 15.4. The van der Waals surface area contributed by atoms with Crippen LogP contribution in [0.3, 0.4) is 0 Å². The average molecular weight is 411 g/mol. The van der Waals surface area contributed by atoms with Crippen LogP contribution in [-0.2, 0) is 4.74 Å². The summed E-state index contributed by atoms with van der Waals surface area (Å²) in [5, 5.41) is 20.4. The quantitative estimate of drug-likeness (QED) is 0.812. The van der Waals surface area contributed by atoms with Crippen molar-refractivity contribution in [2.24, 2.45) is 0 Å². The minimum absolute atomic E-state index is 0.01000. The molecule has 0 unspecified atom stereocenters. The van der Waals surface area contributed by atoms with E-state index in [2.05, 4.69) is 0 Å². The second-order valence-corrected chi connectivity index (χ2v) is 8.62. The van der Waals surface area contributed by atoms with Crippen LogP contribution in [0.25, 0.3) is 11.1 Å². The first kappa shape index (κ1) is 20.8. The van der Waals surface area contributed by atoms with E-state index in [1.54, 1.807) is 14.0 Å². The van der Waals surface area contributed by atoms with Crippen LogP contribution in [0.15, 0.2) is 48.5 Å². The normalized spacial score (nSPS) is 25.9. The Bertz CT molecular complexity index is 917. The van der Waals surface area contributed by atoms with E-state index in [4.69, 9.17) is 9.47 Å². The van der Waals surface area contributed by atoms with Crippen LogP contribution in [-0.4, -0.2) is 65.1 Å². The Balaban J connectivity index is 1.48. The van der Waals surface area contributed by atoms with E-state index in [0.29, 0.717) is 37.9 Å². The molecule has 30 heavy (non-hydrogen) atoms. The zero-order valence-corrected chi connectivity index (χ0v) is 17.5. The lowest BCUT2D eigenvalue weighted by Crippen LogP contribution is -2.59. The highest BCUT2D eigenvalue weighted by Gasteiger charge is 2.49. The molecule has 1 amide bonds. The number of carbonyl (C=O) groups excluding carboxylic acids is 1. The van der Waals surface area contributed by atoms with Crippen LogP contribution in [0.2, 0.25) is 0 Å². The van der Waals surface area contributed by atoms with Gasteiger partial charge in [-0.2, -0.15) is 0 Å². The maximum atomic E-state index is 13.2. The van der Waals surface area contributed by atoms with E-state index in [0.717, 1.165) is 16.9 Å². The van der Waals surface area contributed by atoms with Crippen LogP contribution >= 0.6 is 0 Å². The van der Waals surface area contributed by atoms with Gasteiger partial charge in [0.2, 0.25) is 0 Å². The van der Waals surface area contributed by atoms with Crippen molar-refractivity contribution in [3.63, 3.8) is 0 Å². The van der Waals surface area contributed by atoms with Crippen LogP contribution < -0.4 is 4.74 Å². The summed E-state index contributed by atoms with van der Waals surface area (Å²) in [5.74, 6) is 0.759. The molecule has 2 aliphatic rings. The van der Waals surface area contributed by atoms with Gasteiger partial charge in [0, 0.05) is 30.6 Å². The van der Waals surface area contributed by atoms with Gasteiger partial charge in [-0.15, -0.1) is 0 Å². The lowest BCUT2D eigenvalue weighted by molar-refractivity contribution is -0.221. The fraction of sp³-hybridized carbons (Fsp3) is 0.458. The minimum Gasteiger partial charge on any atom is -0.496 e. The molecule has 6 heteroatoms. The topological polar surface area (TPSA) is 79.2 Å². The fourth-order valence-corrected chi connectivity index (χ4v) is 4.58. The Morgan fingerprint density at radius 2 is 1.90 bits per heavy atom. The molecule has 2 aromatic rings. The van der Waals surface area contributed by atoms with Gasteiger partial charge in [0.05, 0.1) is 24.9 Å². The molecule has 2 atom stereocenters.